The van der Waals surface area contributed by atoms with Gasteiger partial charge in [0, 0.05) is 0 Å². The number of nitrogens with zero attached hydrogens (tertiary/aromatic N) is 1. The molecule has 3 nitrogen and oxygen atoms in total. The monoisotopic (exact) mass is 266 g/mol. The third kappa shape index (κ3) is 3.52. The molecule has 0 amide bonds. The average Bonchev–Trinajstić information content (AvgIpc) is 2.50. The highest BCUT2D eigenvalue weighted by atomic mass is 16.5. The van der Waals surface area contributed by atoms with Crippen LogP contribution in [0.5, 0.6) is 5.75 Å². The summed E-state index contributed by atoms with van der Waals surface area (Å²) in [5.74, 6) is 0.814. The lowest BCUT2D eigenvalue weighted by Gasteiger charge is -2.20. The first kappa shape index (κ1) is 14.0. The summed E-state index contributed by atoms with van der Waals surface area (Å²) in [4.78, 5) is 0. The fourth-order valence-electron chi connectivity index (χ4n) is 2.08. The van der Waals surface area contributed by atoms with Crippen LogP contribution in [0, 0.1) is 11.3 Å². The van der Waals surface area contributed by atoms with Crippen LogP contribution in [0.25, 0.3) is 0 Å². The summed E-state index contributed by atoms with van der Waals surface area (Å²) >= 11 is 0. The predicted octanol–water partition coefficient (Wildman–Crippen LogP) is 4.15. The summed E-state index contributed by atoms with van der Waals surface area (Å²) in [6, 6.07) is 20.0. The molecule has 0 spiro atoms. The number of benzene rings is 2. The van der Waals surface area contributed by atoms with E-state index in [4.69, 9.17) is 10.00 Å². The molecule has 3 heteroatoms. The maximum atomic E-state index is 9.03. The minimum absolute atomic E-state index is 0.0391. The number of nitrogens with one attached hydrogen (secondary N) is 1. The molecule has 20 heavy (non-hydrogen) atoms. The van der Waals surface area contributed by atoms with Gasteiger partial charge in [0.2, 0.25) is 0 Å². The second-order valence-corrected chi connectivity index (χ2v) is 4.40. The molecular formula is C17H18N2O. The van der Waals surface area contributed by atoms with E-state index in [2.05, 4.69) is 11.4 Å². The highest BCUT2D eigenvalue weighted by molar-refractivity contribution is 5.57. The van der Waals surface area contributed by atoms with Gasteiger partial charge in [-0.3, -0.25) is 0 Å². The molecule has 0 fully saturated rings. The van der Waals surface area contributed by atoms with E-state index in [1.165, 1.54) is 0 Å². The van der Waals surface area contributed by atoms with E-state index in [0.29, 0.717) is 13.0 Å². The summed E-state index contributed by atoms with van der Waals surface area (Å²) in [5, 5.41) is 12.4. The van der Waals surface area contributed by atoms with Crippen molar-refractivity contribution >= 4 is 5.69 Å². The first-order valence-electron chi connectivity index (χ1n) is 6.75. The number of nitriles is 1. The predicted molar refractivity (Wildman–Crippen MR) is 80.6 cm³/mol. The van der Waals surface area contributed by atoms with Gasteiger partial charge in [-0.25, -0.2) is 0 Å². The molecule has 1 atom stereocenters. The Bertz CT molecular complexity index is 575. The number of hydrogen-bond donors (Lipinski definition) is 1. The minimum Gasteiger partial charge on any atom is -0.492 e. The van der Waals surface area contributed by atoms with Crippen molar-refractivity contribution in [1.29, 1.82) is 5.26 Å². The number of ether oxygens (including phenoxy) is 1. The lowest BCUT2D eigenvalue weighted by Crippen LogP contribution is -2.11. The van der Waals surface area contributed by atoms with E-state index in [1.807, 2.05) is 61.5 Å². The van der Waals surface area contributed by atoms with Crippen LogP contribution in [0.1, 0.15) is 24.9 Å². The number of rotatable bonds is 6. The van der Waals surface area contributed by atoms with Crippen molar-refractivity contribution in [3.05, 3.63) is 60.2 Å². The lowest BCUT2D eigenvalue weighted by molar-refractivity contribution is 0.341. The van der Waals surface area contributed by atoms with Crippen LogP contribution >= 0.6 is 0 Å². The summed E-state index contributed by atoms with van der Waals surface area (Å²) in [7, 11) is 0. The molecule has 0 bridgehead atoms. The lowest BCUT2D eigenvalue weighted by atomic mass is 10.0. The van der Waals surface area contributed by atoms with Crippen molar-refractivity contribution in [1.82, 2.24) is 0 Å². The molecular weight excluding hydrogens is 248 g/mol. The van der Waals surface area contributed by atoms with Gasteiger partial charge in [0.1, 0.15) is 5.75 Å². The third-order valence-electron chi connectivity index (χ3n) is 3.01. The Morgan fingerprint density at radius 3 is 2.50 bits per heavy atom. The Balaban J connectivity index is 2.23. The highest BCUT2D eigenvalue weighted by Crippen LogP contribution is 2.29. The minimum atomic E-state index is -0.0391. The maximum absolute atomic E-state index is 9.03. The van der Waals surface area contributed by atoms with Crippen LogP contribution in [0.4, 0.5) is 5.69 Å². The summed E-state index contributed by atoms with van der Waals surface area (Å²) in [6.07, 6.45) is 0.407. The molecule has 2 rings (SSSR count). The van der Waals surface area contributed by atoms with Crippen molar-refractivity contribution in [2.75, 3.05) is 11.9 Å². The molecule has 2 aromatic carbocycles. The van der Waals surface area contributed by atoms with Crippen molar-refractivity contribution in [2.24, 2.45) is 0 Å². The molecule has 0 aromatic heterocycles. The average molecular weight is 266 g/mol. The van der Waals surface area contributed by atoms with Gasteiger partial charge in [-0.05, 0) is 24.6 Å². The van der Waals surface area contributed by atoms with Gasteiger partial charge in [0.15, 0.2) is 0 Å². The first-order chi connectivity index (χ1) is 9.85. The smallest absolute Gasteiger partial charge is 0.142 e. The van der Waals surface area contributed by atoms with E-state index in [-0.39, 0.29) is 6.04 Å². The molecule has 0 saturated carbocycles. The fourth-order valence-corrected chi connectivity index (χ4v) is 2.08. The Morgan fingerprint density at radius 2 is 1.80 bits per heavy atom. The van der Waals surface area contributed by atoms with E-state index in [9.17, 15) is 0 Å². The zero-order valence-electron chi connectivity index (χ0n) is 11.5. The van der Waals surface area contributed by atoms with Crippen molar-refractivity contribution in [3.63, 3.8) is 0 Å². The zero-order chi connectivity index (χ0) is 14.2. The molecule has 0 radical (unpaired) electrons. The molecule has 0 aliphatic rings. The van der Waals surface area contributed by atoms with Gasteiger partial charge in [-0.1, -0.05) is 42.5 Å². The molecule has 0 heterocycles. The molecule has 0 aliphatic heterocycles. The molecule has 2 aromatic rings. The summed E-state index contributed by atoms with van der Waals surface area (Å²) in [5.41, 5.74) is 2.01. The first-order valence-corrected chi connectivity index (χ1v) is 6.75. The zero-order valence-corrected chi connectivity index (χ0v) is 11.5. The standard InChI is InChI=1S/C17H18N2O/c1-2-20-17-11-7-6-10-16(17)19-15(12-13-18)14-8-4-3-5-9-14/h3-11,15,19H,2,12H2,1H3. The molecule has 1 N–H and O–H groups in total. The maximum Gasteiger partial charge on any atom is 0.142 e. The molecule has 102 valence electrons. The van der Waals surface area contributed by atoms with Crippen LogP contribution < -0.4 is 10.1 Å². The van der Waals surface area contributed by atoms with Gasteiger partial charge in [0.25, 0.3) is 0 Å². The van der Waals surface area contributed by atoms with Crippen molar-refractivity contribution < 1.29 is 4.74 Å². The quantitative estimate of drug-likeness (QED) is 0.854. The Hall–Kier alpha value is -2.47. The largest absolute Gasteiger partial charge is 0.492 e. The summed E-state index contributed by atoms with van der Waals surface area (Å²) < 4.78 is 5.61. The summed E-state index contributed by atoms with van der Waals surface area (Å²) in [6.45, 7) is 2.58. The van der Waals surface area contributed by atoms with Crippen molar-refractivity contribution in [3.8, 4) is 11.8 Å². The Morgan fingerprint density at radius 1 is 1.10 bits per heavy atom. The van der Waals surface area contributed by atoms with Crippen LogP contribution in [0.15, 0.2) is 54.6 Å². The Kier molecular flexibility index (Phi) is 5.02. The van der Waals surface area contributed by atoms with Crippen LogP contribution in [-0.2, 0) is 0 Å². The van der Waals surface area contributed by atoms with E-state index < -0.39 is 0 Å². The van der Waals surface area contributed by atoms with Gasteiger partial charge >= 0.3 is 0 Å². The molecule has 0 aliphatic carbocycles. The topological polar surface area (TPSA) is 45.0 Å². The Labute approximate surface area is 119 Å². The van der Waals surface area contributed by atoms with Crippen LogP contribution in [-0.4, -0.2) is 6.61 Å². The van der Waals surface area contributed by atoms with E-state index in [1.54, 1.807) is 0 Å². The second-order valence-electron chi connectivity index (χ2n) is 4.40. The van der Waals surface area contributed by atoms with Gasteiger partial charge in [-0.2, -0.15) is 5.26 Å². The number of para-hydroxylation sites is 2. The number of hydrogen-bond acceptors (Lipinski definition) is 3. The third-order valence-corrected chi connectivity index (χ3v) is 3.01. The molecule has 0 saturated heterocycles. The van der Waals surface area contributed by atoms with Crippen LogP contribution in [0.2, 0.25) is 0 Å². The highest BCUT2D eigenvalue weighted by Gasteiger charge is 2.12. The number of anilines is 1. The van der Waals surface area contributed by atoms with Gasteiger partial charge in [0.05, 0.1) is 30.8 Å². The van der Waals surface area contributed by atoms with E-state index in [0.717, 1.165) is 17.0 Å². The van der Waals surface area contributed by atoms with E-state index >= 15 is 0 Å². The second kappa shape index (κ2) is 7.20. The normalized spacial score (nSPS) is 11.4. The fraction of sp³-hybridized carbons (Fsp3) is 0.235. The SMILES string of the molecule is CCOc1ccccc1NC(CC#N)c1ccccc1. The molecule has 1 unspecified atom stereocenters. The van der Waals surface area contributed by atoms with Gasteiger partial charge < -0.3 is 10.1 Å². The van der Waals surface area contributed by atoms with Crippen molar-refractivity contribution in [2.45, 2.75) is 19.4 Å². The van der Waals surface area contributed by atoms with Gasteiger partial charge in [-0.15, -0.1) is 0 Å². The van der Waals surface area contributed by atoms with Crippen LogP contribution in [0.3, 0.4) is 0 Å².